The molecule has 0 aromatic carbocycles. The largest absolute Gasteiger partial charge is 0.359 e. The Morgan fingerprint density at radius 3 is 2.47 bits per heavy atom. The molecule has 3 nitrogen and oxygen atoms in total. The van der Waals surface area contributed by atoms with Crippen LogP contribution in [0.4, 0.5) is 0 Å². The van der Waals surface area contributed by atoms with Crippen LogP contribution in [-0.4, -0.2) is 48.4 Å². The summed E-state index contributed by atoms with van der Waals surface area (Å²) in [5.41, 5.74) is 0.379. The van der Waals surface area contributed by atoms with Crippen molar-refractivity contribution in [1.82, 2.24) is 9.80 Å². The summed E-state index contributed by atoms with van der Waals surface area (Å²) in [4.78, 5) is 4.68. The Bertz CT molecular complexity index is 243. The molecule has 1 N–H and O–H groups in total. The second kappa shape index (κ2) is 4.12. The van der Waals surface area contributed by atoms with E-state index in [0.717, 1.165) is 25.3 Å². The van der Waals surface area contributed by atoms with Gasteiger partial charge in [0, 0.05) is 25.0 Å². The molecule has 1 aliphatic heterocycles. The van der Waals surface area contributed by atoms with Gasteiger partial charge >= 0.3 is 0 Å². The number of likely N-dealkylation sites (tertiary alicyclic amines) is 1. The molecule has 86 valence electrons. The van der Waals surface area contributed by atoms with Gasteiger partial charge in [0.1, 0.15) is 0 Å². The summed E-state index contributed by atoms with van der Waals surface area (Å²) < 4.78 is 0. The number of likely N-dealkylation sites (N-methyl/N-ethyl adjacent to an activating group) is 1. The van der Waals surface area contributed by atoms with Crippen LogP contribution < -0.4 is 0 Å². The molecule has 1 heterocycles. The number of nitrogens with zero attached hydrogens (tertiary/aromatic N) is 2. The number of nitrogens with one attached hydrogen (secondary N) is 1. The number of hydrogen-bond acceptors (Lipinski definition) is 2. The minimum Gasteiger partial charge on any atom is -0.359 e. The van der Waals surface area contributed by atoms with E-state index in [1.54, 1.807) is 0 Å². The van der Waals surface area contributed by atoms with Gasteiger partial charge in [-0.25, -0.2) is 0 Å². The van der Waals surface area contributed by atoms with Crippen molar-refractivity contribution in [1.29, 1.82) is 5.41 Å². The number of piperidine rings is 1. The van der Waals surface area contributed by atoms with Crippen LogP contribution in [0.15, 0.2) is 0 Å². The number of rotatable bonds is 3. The first kappa shape index (κ1) is 10.9. The smallest absolute Gasteiger partial charge is 0.0958 e. The van der Waals surface area contributed by atoms with Crippen molar-refractivity contribution in [2.24, 2.45) is 0 Å². The third-order valence-corrected chi connectivity index (χ3v) is 4.19. The van der Waals surface area contributed by atoms with E-state index in [1.807, 2.05) is 0 Å². The summed E-state index contributed by atoms with van der Waals surface area (Å²) in [6.07, 6.45) is 7.45. The van der Waals surface area contributed by atoms with E-state index in [4.69, 9.17) is 5.41 Å². The minimum atomic E-state index is 0.379. The van der Waals surface area contributed by atoms with Crippen LogP contribution in [0.25, 0.3) is 0 Å². The van der Waals surface area contributed by atoms with Crippen LogP contribution in [0.2, 0.25) is 0 Å². The molecule has 0 aromatic heterocycles. The Morgan fingerprint density at radius 1 is 1.27 bits per heavy atom. The maximum Gasteiger partial charge on any atom is 0.0958 e. The van der Waals surface area contributed by atoms with Gasteiger partial charge in [-0.2, -0.15) is 0 Å². The molecule has 0 spiro atoms. The van der Waals surface area contributed by atoms with E-state index in [9.17, 15) is 0 Å². The first-order valence-electron chi connectivity index (χ1n) is 6.14. The van der Waals surface area contributed by atoms with Crippen LogP contribution in [0.1, 0.15) is 38.5 Å². The highest BCUT2D eigenvalue weighted by Gasteiger charge is 2.41. The third-order valence-electron chi connectivity index (χ3n) is 4.19. The van der Waals surface area contributed by atoms with Gasteiger partial charge < -0.3 is 9.80 Å². The van der Waals surface area contributed by atoms with Gasteiger partial charge in [0.15, 0.2) is 0 Å². The summed E-state index contributed by atoms with van der Waals surface area (Å²) in [7, 11) is 4.37. The van der Waals surface area contributed by atoms with Crippen LogP contribution in [0.3, 0.4) is 0 Å². The minimum absolute atomic E-state index is 0.379. The molecule has 0 unspecified atom stereocenters. The van der Waals surface area contributed by atoms with E-state index >= 15 is 0 Å². The SMILES string of the molecule is CN(C)C1(CN2CCCCC2=N)CCC1. The van der Waals surface area contributed by atoms with Crippen LogP contribution >= 0.6 is 0 Å². The maximum absolute atomic E-state index is 7.97. The molecule has 0 radical (unpaired) electrons. The fourth-order valence-electron chi connectivity index (χ4n) is 2.75. The summed E-state index contributed by atoms with van der Waals surface area (Å²) in [5, 5.41) is 7.97. The Hall–Kier alpha value is -0.570. The highest BCUT2D eigenvalue weighted by atomic mass is 15.3. The van der Waals surface area contributed by atoms with Gasteiger partial charge in [-0.1, -0.05) is 0 Å². The number of amidine groups is 1. The Morgan fingerprint density at radius 2 is 2.00 bits per heavy atom. The van der Waals surface area contributed by atoms with Crippen LogP contribution in [0, 0.1) is 5.41 Å². The number of hydrogen-bond donors (Lipinski definition) is 1. The summed E-state index contributed by atoms with van der Waals surface area (Å²) in [5.74, 6) is 0.870. The van der Waals surface area contributed by atoms with Gasteiger partial charge in [0.05, 0.1) is 5.84 Å². The fourth-order valence-corrected chi connectivity index (χ4v) is 2.75. The van der Waals surface area contributed by atoms with E-state index in [-0.39, 0.29) is 0 Å². The standard InChI is InChI=1S/C12H23N3/c1-14(2)12(7-5-8-12)10-15-9-4-3-6-11(15)13/h13H,3-10H2,1-2H3. The highest BCUT2D eigenvalue weighted by molar-refractivity contribution is 5.79. The summed E-state index contributed by atoms with van der Waals surface area (Å²) in [6, 6.07) is 0. The van der Waals surface area contributed by atoms with Gasteiger partial charge in [0.25, 0.3) is 0 Å². The monoisotopic (exact) mass is 209 g/mol. The van der Waals surface area contributed by atoms with Crippen molar-refractivity contribution in [2.45, 2.75) is 44.1 Å². The molecule has 0 aromatic rings. The third kappa shape index (κ3) is 2.03. The molecule has 0 atom stereocenters. The predicted octanol–water partition coefficient (Wildman–Crippen LogP) is 1.93. The highest BCUT2D eigenvalue weighted by Crippen LogP contribution is 2.37. The molecule has 3 heteroatoms. The van der Waals surface area contributed by atoms with Gasteiger partial charge in [-0.15, -0.1) is 0 Å². The predicted molar refractivity (Wildman–Crippen MR) is 63.4 cm³/mol. The van der Waals surface area contributed by atoms with Crippen LogP contribution in [0.5, 0.6) is 0 Å². The van der Waals surface area contributed by atoms with Crippen molar-refractivity contribution in [2.75, 3.05) is 27.2 Å². The van der Waals surface area contributed by atoms with Crippen molar-refractivity contribution < 1.29 is 0 Å². The first-order valence-corrected chi connectivity index (χ1v) is 6.14. The topological polar surface area (TPSA) is 30.3 Å². The summed E-state index contributed by atoms with van der Waals surface area (Å²) in [6.45, 7) is 2.19. The van der Waals surface area contributed by atoms with Crippen molar-refractivity contribution in [3.63, 3.8) is 0 Å². The molecule has 1 saturated carbocycles. The van der Waals surface area contributed by atoms with Crippen molar-refractivity contribution in [3.8, 4) is 0 Å². The molecule has 2 rings (SSSR count). The zero-order valence-electron chi connectivity index (χ0n) is 10.1. The summed E-state index contributed by atoms with van der Waals surface area (Å²) >= 11 is 0. The zero-order chi connectivity index (χ0) is 10.9. The lowest BCUT2D eigenvalue weighted by Gasteiger charge is -2.50. The molecule has 0 bridgehead atoms. The Kier molecular flexibility index (Phi) is 3.01. The van der Waals surface area contributed by atoms with E-state index < -0.39 is 0 Å². The molecule has 1 saturated heterocycles. The first-order chi connectivity index (χ1) is 7.14. The molecule has 0 amide bonds. The molecule has 2 aliphatic rings. The Labute approximate surface area is 92.9 Å². The fraction of sp³-hybridized carbons (Fsp3) is 0.917. The molecule has 15 heavy (non-hydrogen) atoms. The maximum atomic E-state index is 7.97. The van der Waals surface area contributed by atoms with Gasteiger partial charge in [-0.05, 0) is 46.2 Å². The van der Waals surface area contributed by atoms with Crippen molar-refractivity contribution >= 4 is 5.84 Å². The molecular formula is C12H23N3. The second-order valence-corrected chi connectivity index (χ2v) is 5.30. The second-order valence-electron chi connectivity index (χ2n) is 5.30. The lowest BCUT2D eigenvalue weighted by atomic mass is 9.75. The lowest BCUT2D eigenvalue weighted by Crippen LogP contribution is -2.58. The zero-order valence-corrected chi connectivity index (χ0v) is 10.1. The van der Waals surface area contributed by atoms with Gasteiger partial charge in [-0.3, -0.25) is 5.41 Å². The van der Waals surface area contributed by atoms with E-state index in [1.165, 1.54) is 32.1 Å². The van der Waals surface area contributed by atoms with E-state index in [0.29, 0.717) is 5.54 Å². The molecular weight excluding hydrogens is 186 g/mol. The average molecular weight is 209 g/mol. The average Bonchev–Trinajstić information content (AvgIpc) is 2.13. The molecule has 1 aliphatic carbocycles. The van der Waals surface area contributed by atoms with Crippen molar-refractivity contribution in [3.05, 3.63) is 0 Å². The molecule has 2 fully saturated rings. The lowest BCUT2D eigenvalue weighted by molar-refractivity contribution is 0.0359. The quantitative estimate of drug-likeness (QED) is 0.770. The van der Waals surface area contributed by atoms with Gasteiger partial charge in [0.2, 0.25) is 0 Å². The van der Waals surface area contributed by atoms with Crippen LogP contribution in [-0.2, 0) is 0 Å². The Balaban J connectivity index is 1.97. The normalized spacial score (nSPS) is 25.5. The van der Waals surface area contributed by atoms with E-state index in [2.05, 4.69) is 23.9 Å².